The topological polar surface area (TPSA) is 34.1 Å². The molecule has 0 fully saturated rings. The molecular weight excluding hydrogens is 277 g/mol. The summed E-state index contributed by atoms with van der Waals surface area (Å²) in [6, 6.07) is 2.62. The maximum absolute atomic E-state index is 12.7. The van der Waals surface area contributed by atoms with E-state index in [2.05, 4.69) is 15.9 Å². The van der Waals surface area contributed by atoms with Crippen molar-refractivity contribution in [2.45, 2.75) is 5.92 Å². The van der Waals surface area contributed by atoms with Gasteiger partial charge in [-0.05, 0) is 34.1 Å². The van der Waals surface area contributed by atoms with Crippen LogP contribution >= 0.6 is 15.9 Å². The van der Waals surface area contributed by atoms with Gasteiger partial charge in [0.2, 0.25) is 5.78 Å². The van der Waals surface area contributed by atoms with Gasteiger partial charge in [0.15, 0.2) is 6.29 Å². The molecular formula is C9H4BrF3O2. The molecule has 0 aliphatic carbocycles. The van der Waals surface area contributed by atoms with Gasteiger partial charge in [-0.25, -0.2) is 4.39 Å². The molecule has 0 bridgehead atoms. The number of ketones is 1. The van der Waals surface area contributed by atoms with Crippen LogP contribution in [0.15, 0.2) is 22.7 Å². The van der Waals surface area contributed by atoms with Gasteiger partial charge in [-0.2, -0.15) is 8.78 Å². The van der Waals surface area contributed by atoms with E-state index in [1.807, 2.05) is 0 Å². The second kappa shape index (κ2) is 4.14. The minimum absolute atomic E-state index is 0.117. The Hall–Kier alpha value is -1.17. The molecule has 0 heterocycles. The summed E-state index contributed by atoms with van der Waals surface area (Å²) in [5, 5.41) is 0. The zero-order valence-corrected chi connectivity index (χ0v) is 8.72. The smallest absolute Gasteiger partial charge is 0.296 e. The maximum Gasteiger partial charge on any atom is 0.364 e. The predicted octanol–water partition coefficient (Wildman–Crippen LogP) is 2.61. The lowest BCUT2D eigenvalue weighted by molar-refractivity contribution is -0.123. The van der Waals surface area contributed by atoms with Crippen LogP contribution in [0.5, 0.6) is 0 Å². The molecule has 0 saturated heterocycles. The number of rotatable bonds is 3. The van der Waals surface area contributed by atoms with E-state index >= 15 is 0 Å². The van der Waals surface area contributed by atoms with Crippen molar-refractivity contribution >= 4 is 28.0 Å². The van der Waals surface area contributed by atoms with Crippen LogP contribution in [0, 0.1) is 5.82 Å². The van der Waals surface area contributed by atoms with Crippen LogP contribution in [-0.4, -0.2) is 18.0 Å². The van der Waals surface area contributed by atoms with Gasteiger partial charge >= 0.3 is 5.92 Å². The molecule has 0 atom stereocenters. The number of alkyl halides is 2. The SMILES string of the molecule is O=CC(F)(F)C(=O)c1ccc(F)cc1Br. The van der Waals surface area contributed by atoms with E-state index in [4.69, 9.17) is 0 Å². The molecule has 1 aromatic carbocycles. The Balaban J connectivity index is 3.18. The molecule has 0 aliphatic heterocycles. The van der Waals surface area contributed by atoms with Gasteiger partial charge in [0.05, 0.1) is 0 Å². The van der Waals surface area contributed by atoms with Crippen molar-refractivity contribution in [2.75, 3.05) is 0 Å². The van der Waals surface area contributed by atoms with Gasteiger partial charge in [-0.1, -0.05) is 0 Å². The summed E-state index contributed by atoms with van der Waals surface area (Å²) in [5.41, 5.74) is -0.437. The molecule has 0 unspecified atom stereocenters. The van der Waals surface area contributed by atoms with Crippen molar-refractivity contribution in [1.82, 2.24) is 0 Å². The van der Waals surface area contributed by atoms with Gasteiger partial charge < -0.3 is 0 Å². The number of benzene rings is 1. The first-order valence-electron chi connectivity index (χ1n) is 3.72. The molecule has 1 aromatic rings. The summed E-state index contributed by atoms with van der Waals surface area (Å²) in [6.45, 7) is 0. The van der Waals surface area contributed by atoms with Crippen molar-refractivity contribution in [2.24, 2.45) is 0 Å². The fourth-order valence-corrected chi connectivity index (χ4v) is 1.44. The normalized spacial score (nSPS) is 11.2. The van der Waals surface area contributed by atoms with Crippen molar-refractivity contribution in [3.8, 4) is 0 Å². The van der Waals surface area contributed by atoms with Crippen molar-refractivity contribution in [3.05, 3.63) is 34.1 Å². The number of Topliss-reactive ketones (excluding diaryl/α,β-unsaturated/α-hetero) is 1. The summed E-state index contributed by atoms with van der Waals surface area (Å²) in [7, 11) is 0. The highest BCUT2D eigenvalue weighted by Gasteiger charge is 2.39. The Labute approximate surface area is 91.2 Å². The second-order valence-corrected chi connectivity index (χ2v) is 3.55. The molecule has 1 rings (SSSR count). The largest absolute Gasteiger partial charge is 0.364 e. The summed E-state index contributed by atoms with van der Waals surface area (Å²) in [6.07, 6.45) is -0.745. The van der Waals surface area contributed by atoms with E-state index in [0.29, 0.717) is 0 Å². The number of hydrogen-bond acceptors (Lipinski definition) is 2. The molecule has 0 aromatic heterocycles. The van der Waals surface area contributed by atoms with Crippen LogP contribution < -0.4 is 0 Å². The number of hydrogen-bond donors (Lipinski definition) is 0. The fourth-order valence-electron chi connectivity index (χ4n) is 0.907. The molecule has 6 heteroatoms. The lowest BCUT2D eigenvalue weighted by Gasteiger charge is -2.08. The molecule has 0 spiro atoms. The van der Waals surface area contributed by atoms with Gasteiger partial charge in [0.25, 0.3) is 0 Å². The third kappa shape index (κ3) is 2.44. The Morgan fingerprint density at radius 1 is 1.40 bits per heavy atom. The number of carbonyl (C=O) groups excluding carboxylic acids is 2. The lowest BCUT2D eigenvalue weighted by atomic mass is 10.1. The van der Waals surface area contributed by atoms with Crippen LogP contribution in [-0.2, 0) is 4.79 Å². The van der Waals surface area contributed by atoms with Gasteiger partial charge in [-0.3, -0.25) is 9.59 Å². The third-order valence-corrected chi connectivity index (χ3v) is 2.28. The molecule has 0 amide bonds. The van der Waals surface area contributed by atoms with E-state index in [1.54, 1.807) is 0 Å². The molecule has 15 heavy (non-hydrogen) atoms. The van der Waals surface area contributed by atoms with E-state index in [9.17, 15) is 22.8 Å². The average molecular weight is 281 g/mol. The minimum atomic E-state index is -4.08. The highest BCUT2D eigenvalue weighted by atomic mass is 79.9. The molecule has 0 saturated carbocycles. The van der Waals surface area contributed by atoms with Crippen molar-refractivity contribution < 1.29 is 22.8 Å². The van der Waals surface area contributed by atoms with Crippen LogP contribution in [0.2, 0.25) is 0 Å². The number of aldehydes is 1. The Bertz CT molecular complexity index is 418. The minimum Gasteiger partial charge on any atom is -0.296 e. The first-order chi connectivity index (χ1) is 6.88. The van der Waals surface area contributed by atoms with E-state index < -0.39 is 29.4 Å². The van der Waals surface area contributed by atoms with Crippen LogP contribution in [0.1, 0.15) is 10.4 Å². The zero-order chi connectivity index (χ0) is 11.6. The molecule has 2 nitrogen and oxygen atoms in total. The first kappa shape index (κ1) is 11.9. The monoisotopic (exact) mass is 280 g/mol. The van der Waals surface area contributed by atoms with Crippen LogP contribution in [0.3, 0.4) is 0 Å². The fraction of sp³-hybridized carbons (Fsp3) is 0.111. The Morgan fingerprint density at radius 3 is 2.47 bits per heavy atom. The molecule has 0 radical (unpaired) electrons. The van der Waals surface area contributed by atoms with Crippen LogP contribution in [0.4, 0.5) is 13.2 Å². The van der Waals surface area contributed by atoms with Crippen LogP contribution in [0.25, 0.3) is 0 Å². The molecule has 0 N–H and O–H groups in total. The van der Waals surface area contributed by atoms with Crippen molar-refractivity contribution in [1.29, 1.82) is 0 Å². The van der Waals surface area contributed by atoms with E-state index in [-0.39, 0.29) is 4.47 Å². The summed E-state index contributed by atoms with van der Waals surface area (Å²) >= 11 is 2.76. The number of carbonyl (C=O) groups is 2. The Kier molecular flexibility index (Phi) is 3.28. The van der Waals surface area contributed by atoms with Gasteiger partial charge in [0, 0.05) is 10.0 Å². The van der Waals surface area contributed by atoms with Gasteiger partial charge in [0.1, 0.15) is 5.82 Å². The maximum atomic E-state index is 12.7. The number of halogens is 4. The highest BCUT2D eigenvalue weighted by Crippen LogP contribution is 2.24. The standard InChI is InChI=1S/C9H4BrF3O2/c10-7-3-5(11)1-2-6(7)8(15)9(12,13)4-14/h1-4H. The summed E-state index contributed by atoms with van der Waals surface area (Å²) in [4.78, 5) is 21.1. The van der Waals surface area contributed by atoms with Gasteiger partial charge in [-0.15, -0.1) is 0 Å². The van der Waals surface area contributed by atoms with E-state index in [0.717, 1.165) is 18.2 Å². The quantitative estimate of drug-likeness (QED) is 0.485. The molecule has 0 aliphatic rings. The third-order valence-electron chi connectivity index (χ3n) is 1.63. The average Bonchev–Trinajstić information content (AvgIpc) is 2.17. The summed E-state index contributed by atoms with van der Waals surface area (Å²) < 4.78 is 37.8. The zero-order valence-electron chi connectivity index (χ0n) is 7.14. The second-order valence-electron chi connectivity index (χ2n) is 2.69. The Morgan fingerprint density at radius 2 is 2.00 bits per heavy atom. The lowest BCUT2D eigenvalue weighted by Crippen LogP contribution is -2.30. The van der Waals surface area contributed by atoms with Crippen molar-refractivity contribution in [3.63, 3.8) is 0 Å². The summed E-state index contributed by atoms with van der Waals surface area (Å²) in [5.74, 6) is -6.42. The molecule has 80 valence electrons. The predicted molar refractivity (Wildman–Crippen MR) is 49.4 cm³/mol. The van der Waals surface area contributed by atoms with E-state index in [1.165, 1.54) is 0 Å². The first-order valence-corrected chi connectivity index (χ1v) is 4.52. The highest BCUT2D eigenvalue weighted by molar-refractivity contribution is 9.10.